The van der Waals surface area contributed by atoms with E-state index in [0.717, 1.165) is 71.4 Å². The molecule has 6 fully saturated rings. The summed E-state index contributed by atoms with van der Waals surface area (Å²) in [7, 11) is 0. The molecule has 5 saturated carbocycles. The molecule has 6 rings (SSSR count). The molecule has 5 aliphatic carbocycles. The van der Waals surface area contributed by atoms with Crippen LogP contribution >= 0.6 is 12.4 Å². The Hall–Kier alpha value is -0.620. The second-order valence-corrected chi connectivity index (χ2v) is 16.8. The molecule has 10 atom stereocenters. The second kappa shape index (κ2) is 11.3. The highest BCUT2D eigenvalue weighted by Crippen LogP contribution is 2.77. The van der Waals surface area contributed by atoms with E-state index in [9.17, 15) is 9.90 Å². The first-order valence-electron chi connectivity index (χ1n) is 17.1. The van der Waals surface area contributed by atoms with Gasteiger partial charge in [-0.1, -0.05) is 46.8 Å². The van der Waals surface area contributed by atoms with Gasteiger partial charge >= 0.3 is 5.97 Å². The van der Waals surface area contributed by atoms with E-state index in [0.29, 0.717) is 36.2 Å². The van der Waals surface area contributed by atoms with Crippen LogP contribution in [0, 0.1) is 56.7 Å². The average Bonchev–Trinajstić information content (AvgIpc) is 3.33. The summed E-state index contributed by atoms with van der Waals surface area (Å²) in [4.78, 5) is 16.5. The van der Waals surface area contributed by atoms with Crippen LogP contribution in [0.5, 0.6) is 0 Å². The molecular formula is C36H60ClNO4. The monoisotopic (exact) mass is 605 g/mol. The number of hydrogen-bond donors (Lipinski definition) is 1. The molecule has 0 amide bonds. The van der Waals surface area contributed by atoms with Gasteiger partial charge in [0.2, 0.25) is 0 Å². The van der Waals surface area contributed by atoms with Gasteiger partial charge in [-0.2, -0.15) is 0 Å². The largest absolute Gasteiger partial charge is 0.464 e. The van der Waals surface area contributed by atoms with Gasteiger partial charge in [-0.25, -0.2) is 0 Å². The van der Waals surface area contributed by atoms with Crippen LogP contribution in [0.15, 0.2) is 12.2 Å². The lowest BCUT2D eigenvalue weighted by atomic mass is 9.32. The first-order chi connectivity index (χ1) is 19.3. The fourth-order valence-corrected chi connectivity index (χ4v) is 12.7. The summed E-state index contributed by atoms with van der Waals surface area (Å²) < 4.78 is 11.7. The standard InChI is InChI=1S/C36H59NO4.ClH/c1-24(2)25-10-15-36(31(39)41-23-20-37-18-21-40-22-19-37)17-16-34(6)26(30(25)36)8-9-28-33(5)13-12-29(38)32(3,4)27(33)11-14-35(28,34)7;/h25-30,38H,1,8-23H2,2-7H3;1H/t25-,26+,27-,28+,29-,30+,33-,34+,35+,36-;/m0./s1. The Morgan fingerprint density at radius 3 is 2.31 bits per heavy atom. The van der Waals surface area contributed by atoms with E-state index in [4.69, 9.17) is 9.47 Å². The third-order valence-corrected chi connectivity index (χ3v) is 15.2. The minimum atomic E-state index is -0.347. The summed E-state index contributed by atoms with van der Waals surface area (Å²) >= 11 is 0. The average molecular weight is 606 g/mol. The number of nitrogens with zero attached hydrogens (tertiary/aromatic N) is 1. The van der Waals surface area contributed by atoms with Gasteiger partial charge in [-0.05, 0) is 122 Å². The predicted octanol–water partition coefficient (Wildman–Crippen LogP) is 7.30. The molecule has 6 heteroatoms. The van der Waals surface area contributed by atoms with Gasteiger partial charge in [0, 0.05) is 19.6 Å². The Kier molecular flexibility index (Phi) is 8.83. The van der Waals surface area contributed by atoms with Crippen molar-refractivity contribution in [3.8, 4) is 0 Å². The number of halogens is 1. The van der Waals surface area contributed by atoms with Crippen molar-refractivity contribution in [1.29, 1.82) is 0 Å². The zero-order chi connectivity index (χ0) is 29.4. The minimum Gasteiger partial charge on any atom is -0.464 e. The number of allylic oxidation sites excluding steroid dienone is 1. The molecule has 0 spiro atoms. The molecule has 5 nitrogen and oxygen atoms in total. The number of fused-ring (bicyclic) bond motifs is 7. The molecule has 42 heavy (non-hydrogen) atoms. The molecule has 0 radical (unpaired) electrons. The van der Waals surface area contributed by atoms with E-state index >= 15 is 0 Å². The highest BCUT2D eigenvalue weighted by atomic mass is 35.5. The summed E-state index contributed by atoms with van der Waals surface area (Å²) in [5.74, 6) is 2.66. The Balaban J connectivity index is 0.00000353. The summed E-state index contributed by atoms with van der Waals surface area (Å²) in [5, 5.41) is 11.0. The molecule has 1 saturated heterocycles. The van der Waals surface area contributed by atoms with Crippen LogP contribution in [0.1, 0.15) is 106 Å². The maximum atomic E-state index is 14.2. The number of esters is 1. The summed E-state index contributed by atoms with van der Waals surface area (Å²) in [6.45, 7) is 24.0. The third kappa shape index (κ3) is 4.59. The van der Waals surface area contributed by atoms with Gasteiger partial charge in [-0.3, -0.25) is 9.69 Å². The number of ether oxygens (including phenoxy) is 2. The zero-order valence-corrected chi connectivity index (χ0v) is 28.3. The zero-order valence-electron chi connectivity index (χ0n) is 27.5. The van der Waals surface area contributed by atoms with E-state index in [1.807, 2.05) is 0 Å². The fourth-order valence-electron chi connectivity index (χ4n) is 12.7. The van der Waals surface area contributed by atoms with Crippen molar-refractivity contribution >= 4 is 18.4 Å². The van der Waals surface area contributed by atoms with Crippen LogP contribution in [-0.4, -0.2) is 61.5 Å². The number of aliphatic hydroxyl groups excluding tert-OH is 1. The van der Waals surface area contributed by atoms with Crippen LogP contribution in [-0.2, 0) is 14.3 Å². The van der Waals surface area contributed by atoms with Gasteiger partial charge in [0.15, 0.2) is 0 Å². The van der Waals surface area contributed by atoms with Crippen LogP contribution in [0.3, 0.4) is 0 Å². The lowest BCUT2D eigenvalue weighted by molar-refractivity contribution is -0.248. The lowest BCUT2D eigenvalue weighted by Crippen LogP contribution is -2.67. The highest BCUT2D eigenvalue weighted by molar-refractivity contribution is 5.85. The molecule has 0 aromatic rings. The van der Waals surface area contributed by atoms with Crippen molar-refractivity contribution in [2.24, 2.45) is 56.7 Å². The Morgan fingerprint density at radius 2 is 1.62 bits per heavy atom. The van der Waals surface area contributed by atoms with Gasteiger partial charge < -0.3 is 14.6 Å². The van der Waals surface area contributed by atoms with Gasteiger partial charge in [0.25, 0.3) is 0 Å². The van der Waals surface area contributed by atoms with Crippen LogP contribution in [0.25, 0.3) is 0 Å². The number of rotatable bonds is 5. The van der Waals surface area contributed by atoms with Gasteiger partial charge in [-0.15, -0.1) is 12.4 Å². The van der Waals surface area contributed by atoms with Crippen LogP contribution in [0.2, 0.25) is 0 Å². The maximum absolute atomic E-state index is 14.2. The molecule has 240 valence electrons. The van der Waals surface area contributed by atoms with Crippen LogP contribution in [0.4, 0.5) is 0 Å². The molecule has 1 N–H and O–H groups in total. The minimum absolute atomic E-state index is 0. The number of carbonyl (C=O) groups is 1. The number of hydrogen-bond acceptors (Lipinski definition) is 5. The van der Waals surface area contributed by atoms with E-state index in [2.05, 4.69) is 53.0 Å². The van der Waals surface area contributed by atoms with Crippen molar-refractivity contribution in [2.45, 2.75) is 112 Å². The first-order valence-corrected chi connectivity index (χ1v) is 17.1. The van der Waals surface area contributed by atoms with Gasteiger partial charge in [0.05, 0.1) is 24.7 Å². The lowest BCUT2D eigenvalue weighted by Gasteiger charge is -2.72. The molecule has 0 aromatic carbocycles. The molecule has 0 aromatic heterocycles. The Morgan fingerprint density at radius 1 is 0.905 bits per heavy atom. The molecule has 1 aliphatic heterocycles. The summed E-state index contributed by atoms with van der Waals surface area (Å²) in [6.07, 6.45) is 11.0. The molecule has 0 unspecified atom stereocenters. The first kappa shape index (κ1) is 32.8. The smallest absolute Gasteiger partial charge is 0.312 e. The third-order valence-electron chi connectivity index (χ3n) is 15.2. The normalized spacial score (nSPS) is 48.1. The van der Waals surface area contributed by atoms with Crippen molar-refractivity contribution in [1.82, 2.24) is 4.90 Å². The summed E-state index contributed by atoms with van der Waals surface area (Å²) in [6, 6.07) is 0. The van der Waals surface area contributed by atoms with E-state index in [1.54, 1.807) is 0 Å². The van der Waals surface area contributed by atoms with Crippen molar-refractivity contribution < 1.29 is 19.4 Å². The highest BCUT2D eigenvalue weighted by Gasteiger charge is 2.72. The molecular weight excluding hydrogens is 546 g/mol. The summed E-state index contributed by atoms with van der Waals surface area (Å²) in [5.41, 5.74) is 1.65. The molecule has 0 bridgehead atoms. The fraction of sp³-hybridized carbons (Fsp3) is 0.917. The maximum Gasteiger partial charge on any atom is 0.312 e. The van der Waals surface area contributed by atoms with Crippen molar-refractivity contribution in [3.63, 3.8) is 0 Å². The number of aliphatic hydroxyl groups is 1. The van der Waals surface area contributed by atoms with E-state index in [-0.39, 0.29) is 51.6 Å². The van der Waals surface area contributed by atoms with Crippen LogP contribution < -0.4 is 0 Å². The Bertz CT molecular complexity index is 1040. The van der Waals surface area contributed by atoms with Gasteiger partial charge in [0.1, 0.15) is 6.61 Å². The number of morpholine rings is 1. The molecule has 6 aliphatic rings. The van der Waals surface area contributed by atoms with Crippen molar-refractivity contribution in [2.75, 3.05) is 39.5 Å². The SMILES string of the molecule is C=C(C)[C@@H]1CC[C@]2(C(=O)OCCN3CCOCC3)CC[C@]3(C)[C@H](CC[C@@H]4[C@@]5(C)CC[C@H](O)C(C)(C)[C@@H]5CC[C@]43C)[C@@H]12.Cl. The van der Waals surface area contributed by atoms with E-state index in [1.165, 1.54) is 31.3 Å². The predicted molar refractivity (Wildman–Crippen MR) is 170 cm³/mol. The Labute approximate surface area is 262 Å². The quantitative estimate of drug-likeness (QED) is 0.263. The number of carbonyl (C=O) groups excluding carboxylic acids is 1. The van der Waals surface area contributed by atoms with E-state index < -0.39 is 0 Å². The van der Waals surface area contributed by atoms with Crippen molar-refractivity contribution in [3.05, 3.63) is 12.2 Å². The molecule has 1 heterocycles. The second-order valence-electron chi connectivity index (χ2n) is 16.8. The topological polar surface area (TPSA) is 59.0 Å².